The molecular weight excluding hydrogens is 440 g/mol. The van der Waals surface area contributed by atoms with Crippen LogP contribution in [-0.2, 0) is 19.1 Å². The third kappa shape index (κ3) is 3.39. The van der Waals surface area contributed by atoms with Crippen LogP contribution < -0.4 is 0 Å². The van der Waals surface area contributed by atoms with E-state index in [1.165, 1.54) is 0 Å². The number of carbonyl (C=O) groups excluding carboxylic acids is 3. The second kappa shape index (κ2) is 8.13. The number of Topliss-reactive ketones (excluding diaryl/α,β-unsaturated/α-hetero) is 2. The minimum Gasteiger partial charge on any atom is -0.426 e. The Balaban J connectivity index is 1.60. The van der Waals surface area contributed by atoms with Crippen molar-refractivity contribution in [1.29, 1.82) is 0 Å². The van der Waals surface area contributed by atoms with Crippen LogP contribution in [0.2, 0.25) is 0 Å². The number of ether oxygens (including phenoxy) is 1. The van der Waals surface area contributed by atoms with Crippen LogP contribution in [0.1, 0.15) is 92.9 Å². The SMILES string of the molecule is CC1=C2C(C(=O)C(C)C3=CC4(C)C(C)CCCC4CC3=O)C3(C)C(C)CCCC3CC2(O)OC1=O. The van der Waals surface area contributed by atoms with E-state index in [-0.39, 0.29) is 34.2 Å². The molecule has 5 heteroatoms. The van der Waals surface area contributed by atoms with Crippen molar-refractivity contribution in [3.05, 3.63) is 22.8 Å². The quantitative estimate of drug-likeness (QED) is 0.533. The average molecular weight is 483 g/mol. The number of ketones is 2. The Morgan fingerprint density at radius 1 is 1.06 bits per heavy atom. The van der Waals surface area contributed by atoms with Crippen LogP contribution in [0, 0.1) is 46.3 Å². The minimum atomic E-state index is -1.71. The molecule has 0 amide bonds. The molecule has 0 saturated heterocycles. The molecule has 9 unspecified atom stereocenters. The standard InChI is InChI=1S/C30H42O5/c1-16-9-7-11-20-13-23(31)22(15-28(16,20)5)18(3)26(32)25-24-19(4)27(33)35-30(24,34)14-21-12-8-10-17(2)29(21,25)6/h15-18,20-21,25,34H,7-14H2,1-6H3. The van der Waals surface area contributed by atoms with Crippen molar-refractivity contribution < 1.29 is 24.2 Å². The van der Waals surface area contributed by atoms with Crippen LogP contribution in [0.15, 0.2) is 22.8 Å². The highest BCUT2D eigenvalue weighted by Crippen LogP contribution is 2.63. The Morgan fingerprint density at radius 3 is 2.37 bits per heavy atom. The van der Waals surface area contributed by atoms with Gasteiger partial charge in [-0.15, -0.1) is 0 Å². The van der Waals surface area contributed by atoms with Gasteiger partial charge in [0.1, 0.15) is 5.78 Å². The van der Waals surface area contributed by atoms with E-state index >= 15 is 0 Å². The Hall–Kier alpha value is -1.75. The van der Waals surface area contributed by atoms with Gasteiger partial charge < -0.3 is 9.84 Å². The molecule has 0 aromatic heterocycles. The molecule has 1 aliphatic heterocycles. The molecule has 0 radical (unpaired) electrons. The molecule has 3 fully saturated rings. The fourth-order valence-corrected chi connectivity index (χ4v) is 8.72. The summed E-state index contributed by atoms with van der Waals surface area (Å²) in [7, 11) is 0. The van der Waals surface area contributed by atoms with Gasteiger partial charge in [0.05, 0.1) is 5.92 Å². The summed E-state index contributed by atoms with van der Waals surface area (Å²) in [6.45, 7) is 12.5. The second-order valence-electron chi connectivity index (χ2n) is 13.0. The number of allylic oxidation sites excluding steroid dienone is 2. The predicted molar refractivity (Wildman–Crippen MR) is 133 cm³/mol. The Labute approximate surface area is 209 Å². The van der Waals surface area contributed by atoms with E-state index in [0.717, 1.165) is 38.5 Å². The lowest BCUT2D eigenvalue weighted by Crippen LogP contribution is -2.58. The zero-order valence-corrected chi connectivity index (χ0v) is 22.3. The van der Waals surface area contributed by atoms with Crippen molar-refractivity contribution in [3.8, 4) is 0 Å². The van der Waals surface area contributed by atoms with Crippen molar-refractivity contribution in [3.63, 3.8) is 0 Å². The minimum absolute atomic E-state index is 0.0397. The molecule has 4 aliphatic carbocycles. The second-order valence-corrected chi connectivity index (χ2v) is 13.0. The van der Waals surface area contributed by atoms with E-state index in [4.69, 9.17) is 4.74 Å². The lowest BCUT2D eigenvalue weighted by molar-refractivity contribution is -0.213. The topological polar surface area (TPSA) is 80.7 Å². The smallest absolute Gasteiger partial charge is 0.336 e. The molecule has 3 saturated carbocycles. The highest BCUT2D eigenvalue weighted by Gasteiger charge is 2.65. The lowest BCUT2D eigenvalue weighted by atomic mass is 9.47. The molecule has 5 aliphatic rings. The van der Waals surface area contributed by atoms with E-state index < -0.39 is 23.6 Å². The first-order valence-electron chi connectivity index (χ1n) is 13.8. The van der Waals surface area contributed by atoms with Crippen LogP contribution in [-0.4, -0.2) is 28.4 Å². The highest BCUT2D eigenvalue weighted by molar-refractivity contribution is 6.05. The summed E-state index contributed by atoms with van der Waals surface area (Å²) in [5.41, 5.74) is 1.01. The molecule has 1 N–H and O–H groups in total. The molecular formula is C30H42O5. The number of esters is 1. The average Bonchev–Trinajstić information content (AvgIpc) is 3.01. The predicted octanol–water partition coefficient (Wildman–Crippen LogP) is 5.56. The monoisotopic (exact) mass is 482 g/mol. The first-order valence-corrected chi connectivity index (χ1v) is 13.8. The van der Waals surface area contributed by atoms with Gasteiger partial charge in [0.25, 0.3) is 0 Å². The normalized spacial score (nSPS) is 46.3. The van der Waals surface area contributed by atoms with Crippen LogP contribution in [0.4, 0.5) is 0 Å². The molecule has 9 atom stereocenters. The fourth-order valence-electron chi connectivity index (χ4n) is 8.72. The van der Waals surface area contributed by atoms with E-state index in [0.29, 0.717) is 41.4 Å². The van der Waals surface area contributed by atoms with Gasteiger partial charge in [-0.25, -0.2) is 4.79 Å². The van der Waals surface area contributed by atoms with Gasteiger partial charge in [-0.1, -0.05) is 60.0 Å². The van der Waals surface area contributed by atoms with Crippen molar-refractivity contribution in [2.45, 2.75) is 98.7 Å². The highest BCUT2D eigenvalue weighted by atomic mass is 16.7. The summed E-state index contributed by atoms with van der Waals surface area (Å²) in [5.74, 6) is -2.23. The largest absolute Gasteiger partial charge is 0.426 e. The lowest BCUT2D eigenvalue weighted by Gasteiger charge is -2.57. The number of hydrogen-bond donors (Lipinski definition) is 1. The van der Waals surface area contributed by atoms with Gasteiger partial charge in [-0.2, -0.15) is 0 Å². The molecule has 0 aromatic rings. The molecule has 5 rings (SSSR count). The number of fused-ring (bicyclic) bond motifs is 3. The zero-order chi connectivity index (χ0) is 25.5. The van der Waals surface area contributed by atoms with E-state index in [2.05, 4.69) is 33.8 Å². The third-order valence-electron chi connectivity index (χ3n) is 11.5. The number of carbonyl (C=O) groups is 3. The molecule has 5 nitrogen and oxygen atoms in total. The van der Waals surface area contributed by atoms with Crippen molar-refractivity contribution >= 4 is 17.5 Å². The summed E-state index contributed by atoms with van der Waals surface area (Å²) < 4.78 is 5.53. The van der Waals surface area contributed by atoms with Gasteiger partial charge in [-0.05, 0) is 60.7 Å². The molecule has 35 heavy (non-hydrogen) atoms. The van der Waals surface area contributed by atoms with E-state index in [1.807, 2.05) is 6.92 Å². The maximum Gasteiger partial charge on any atom is 0.336 e. The maximum atomic E-state index is 14.5. The van der Waals surface area contributed by atoms with Crippen LogP contribution in [0.3, 0.4) is 0 Å². The number of hydrogen-bond acceptors (Lipinski definition) is 5. The first-order chi connectivity index (χ1) is 16.3. The van der Waals surface area contributed by atoms with E-state index in [9.17, 15) is 19.5 Å². The zero-order valence-electron chi connectivity index (χ0n) is 22.3. The molecule has 192 valence electrons. The van der Waals surface area contributed by atoms with Crippen LogP contribution in [0.25, 0.3) is 0 Å². The Bertz CT molecular complexity index is 1040. The van der Waals surface area contributed by atoms with Gasteiger partial charge in [0.15, 0.2) is 5.78 Å². The molecule has 0 aromatic carbocycles. The number of aliphatic hydroxyl groups is 1. The van der Waals surface area contributed by atoms with Gasteiger partial charge in [0.2, 0.25) is 5.79 Å². The van der Waals surface area contributed by atoms with Gasteiger partial charge in [0, 0.05) is 35.5 Å². The first kappa shape index (κ1) is 24.9. The summed E-state index contributed by atoms with van der Waals surface area (Å²) in [6.07, 6.45) is 9.35. The summed E-state index contributed by atoms with van der Waals surface area (Å²) in [4.78, 5) is 40.6. The van der Waals surface area contributed by atoms with Crippen molar-refractivity contribution in [1.82, 2.24) is 0 Å². The van der Waals surface area contributed by atoms with Gasteiger partial charge >= 0.3 is 5.97 Å². The van der Waals surface area contributed by atoms with E-state index in [1.54, 1.807) is 6.92 Å². The third-order valence-corrected chi connectivity index (χ3v) is 11.5. The van der Waals surface area contributed by atoms with Crippen molar-refractivity contribution in [2.24, 2.45) is 46.3 Å². The fraction of sp³-hybridized carbons (Fsp3) is 0.767. The summed E-state index contributed by atoms with van der Waals surface area (Å²) in [6, 6.07) is 0. The van der Waals surface area contributed by atoms with Crippen molar-refractivity contribution in [2.75, 3.05) is 0 Å². The Kier molecular flexibility index (Phi) is 5.79. The summed E-state index contributed by atoms with van der Waals surface area (Å²) >= 11 is 0. The van der Waals surface area contributed by atoms with Crippen LogP contribution >= 0.6 is 0 Å². The molecule has 1 heterocycles. The molecule has 0 spiro atoms. The maximum absolute atomic E-state index is 14.5. The molecule has 0 bridgehead atoms. The van der Waals surface area contributed by atoms with Crippen LogP contribution in [0.5, 0.6) is 0 Å². The Morgan fingerprint density at radius 2 is 1.69 bits per heavy atom. The summed E-state index contributed by atoms with van der Waals surface area (Å²) in [5, 5.41) is 11.6. The van der Waals surface area contributed by atoms with Gasteiger partial charge in [-0.3, -0.25) is 9.59 Å². The number of rotatable bonds is 3.